The molecule has 30 heavy (non-hydrogen) atoms. The quantitative estimate of drug-likeness (QED) is 0.632. The first-order valence-electron chi connectivity index (χ1n) is 10.5. The van der Waals surface area contributed by atoms with Crippen LogP contribution in [-0.2, 0) is 0 Å². The van der Waals surface area contributed by atoms with E-state index in [0.717, 1.165) is 28.9 Å². The summed E-state index contributed by atoms with van der Waals surface area (Å²) in [5, 5.41) is 3.03. The number of benzene rings is 2. The number of carbonyl (C=O) groups is 1. The number of nitrogens with one attached hydrogen (secondary N) is 1. The van der Waals surface area contributed by atoms with Gasteiger partial charge in [0.1, 0.15) is 5.75 Å². The van der Waals surface area contributed by atoms with E-state index in [-0.39, 0.29) is 6.03 Å². The third kappa shape index (κ3) is 4.25. The maximum Gasteiger partial charge on any atom is 0.322 e. The first-order chi connectivity index (χ1) is 14.6. The largest absolute Gasteiger partial charge is 0.497 e. The molecular formula is C24H28BrN3O2. The second-order valence-electron chi connectivity index (χ2n) is 7.85. The highest BCUT2D eigenvalue weighted by molar-refractivity contribution is 9.10. The van der Waals surface area contributed by atoms with Gasteiger partial charge in [0, 0.05) is 47.8 Å². The average molecular weight is 470 g/mol. The lowest BCUT2D eigenvalue weighted by atomic mass is 9.73. The van der Waals surface area contributed by atoms with E-state index >= 15 is 0 Å². The fraction of sp³-hybridized carbons (Fsp3) is 0.375. The number of fused-ring (bicyclic) bond motifs is 1. The third-order valence-electron chi connectivity index (χ3n) is 6.20. The molecule has 0 saturated carbocycles. The SMILES string of the molecule is CC[C@@H]1[C@H](c2ccc(Br)cc2)[C@@H]2CN(C(=O)Nc3ccc(OC)cc3)C/C=C\CN12. The van der Waals surface area contributed by atoms with Gasteiger partial charge < -0.3 is 15.0 Å². The number of methoxy groups -OCH3 is 1. The molecule has 0 aliphatic carbocycles. The lowest BCUT2D eigenvalue weighted by molar-refractivity contribution is -0.0197. The molecule has 1 N–H and O–H groups in total. The average Bonchev–Trinajstić information content (AvgIpc) is 2.74. The van der Waals surface area contributed by atoms with Crippen molar-refractivity contribution in [1.82, 2.24) is 9.80 Å². The molecule has 1 saturated heterocycles. The van der Waals surface area contributed by atoms with Gasteiger partial charge in [-0.05, 0) is 48.4 Å². The van der Waals surface area contributed by atoms with Crippen LogP contribution in [0.4, 0.5) is 10.5 Å². The van der Waals surface area contributed by atoms with Crippen LogP contribution in [0.5, 0.6) is 5.75 Å². The minimum absolute atomic E-state index is 0.0684. The van der Waals surface area contributed by atoms with E-state index in [2.05, 4.69) is 69.5 Å². The molecule has 2 aliphatic heterocycles. The van der Waals surface area contributed by atoms with E-state index in [4.69, 9.17) is 4.74 Å². The Hall–Kier alpha value is -2.31. The summed E-state index contributed by atoms with van der Waals surface area (Å²) in [4.78, 5) is 17.5. The maximum atomic E-state index is 13.0. The van der Waals surface area contributed by atoms with Crippen molar-refractivity contribution in [3.05, 3.63) is 70.7 Å². The van der Waals surface area contributed by atoms with E-state index in [1.807, 2.05) is 29.2 Å². The Balaban J connectivity index is 1.51. The van der Waals surface area contributed by atoms with Gasteiger partial charge in [0.15, 0.2) is 0 Å². The van der Waals surface area contributed by atoms with Gasteiger partial charge in [0.05, 0.1) is 7.11 Å². The monoisotopic (exact) mass is 469 g/mol. The molecule has 2 aromatic rings. The zero-order chi connectivity index (χ0) is 21.1. The lowest BCUT2D eigenvalue weighted by Crippen LogP contribution is -2.66. The van der Waals surface area contributed by atoms with E-state index in [1.54, 1.807) is 7.11 Å². The minimum Gasteiger partial charge on any atom is -0.497 e. The van der Waals surface area contributed by atoms with Crippen LogP contribution in [0.3, 0.4) is 0 Å². The van der Waals surface area contributed by atoms with Gasteiger partial charge in [-0.3, -0.25) is 4.90 Å². The van der Waals surface area contributed by atoms with Gasteiger partial charge in [-0.15, -0.1) is 0 Å². The fourth-order valence-electron chi connectivity index (χ4n) is 4.66. The maximum absolute atomic E-state index is 13.0. The molecule has 0 spiro atoms. The van der Waals surface area contributed by atoms with Gasteiger partial charge in [-0.25, -0.2) is 4.79 Å². The molecule has 0 aromatic heterocycles. The summed E-state index contributed by atoms with van der Waals surface area (Å²) in [6.07, 6.45) is 5.40. The van der Waals surface area contributed by atoms with Gasteiger partial charge in [-0.2, -0.15) is 0 Å². The highest BCUT2D eigenvalue weighted by Crippen LogP contribution is 2.43. The lowest BCUT2D eigenvalue weighted by Gasteiger charge is -2.57. The van der Waals surface area contributed by atoms with Gasteiger partial charge in [-0.1, -0.05) is 47.1 Å². The molecule has 3 atom stereocenters. The topological polar surface area (TPSA) is 44.8 Å². The van der Waals surface area contributed by atoms with Crippen LogP contribution in [-0.4, -0.2) is 54.7 Å². The van der Waals surface area contributed by atoms with E-state index in [0.29, 0.717) is 31.1 Å². The van der Waals surface area contributed by atoms with Crippen LogP contribution >= 0.6 is 15.9 Å². The van der Waals surface area contributed by atoms with Crippen molar-refractivity contribution in [3.63, 3.8) is 0 Å². The second-order valence-corrected chi connectivity index (χ2v) is 8.77. The number of ether oxygens (including phenoxy) is 1. The number of carbonyl (C=O) groups excluding carboxylic acids is 1. The Morgan fingerprint density at radius 2 is 1.80 bits per heavy atom. The molecule has 158 valence electrons. The number of urea groups is 1. The van der Waals surface area contributed by atoms with Crippen molar-refractivity contribution in [2.45, 2.75) is 31.3 Å². The van der Waals surface area contributed by atoms with Gasteiger partial charge >= 0.3 is 6.03 Å². The minimum atomic E-state index is -0.0684. The zero-order valence-electron chi connectivity index (χ0n) is 17.4. The normalized spacial score (nSPS) is 24.8. The number of anilines is 1. The highest BCUT2D eigenvalue weighted by Gasteiger charge is 2.48. The van der Waals surface area contributed by atoms with Crippen LogP contribution in [0.15, 0.2) is 65.2 Å². The van der Waals surface area contributed by atoms with Crippen LogP contribution < -0.4 is 10.1 Å². The molecule has 0 unspecified atom stereocenters. The standard InChI is InChI=1S/C24H28BrN3O2/c1-3-21-23(17-6-8-18(25)9-7-17)22-16-27(14-4-5-15-28(21)22)24(29)26-19-10-12-20(30-2)13-11-19/h4-13,21-23H,3,14-16H2,1-2H3,(H,26,29)/b5-4-/t21-,22+,23+/m1/s1. The number of hydrogen-bond donors (Lipinski definition) is 1. The summed E-state index contributed by atoms with van der Waals surface area (Å²) in [7, 11) is 1.63. The van der Waals surface area contributed by atoms with Crippen molar-refractivity contribution < 1.29 is 9.53 Å². The molecular weight excluding hydrogens is 442 g/mol. The molecule has 2 heterocycles. The Morgan fingerprint density at radius 3 is 2.47 bits per heavy atom. The van der Waals surface area contributed by atoms with Crippen LogP contribution in [0, 0.1) is 0 Å². The third-order valence-corrected chi connectivity index (χ3v) is 6.73. The van der Waals surface area contributed by atoms with Gasteiger partial charge in [0.2, 0.25) is 0 Å². The van der Waals surface area contributed by atoms with Crippen molar-refractivity contribution in [2.75, 3.05) is 32.1 Å². The summed E-state index contributed by atoms with van der Waals surface area (Å²) in [5.41, 5.74) is 2.12. The van der Waals surface area contributed by atoms with Crippen molar-refractivity contribution >= 4 is 27.6 Å². The summed E-state index contributed by atoms with van der Waals surface area (Å²) >= 11 is 3.54. The molecule has 2 aromatic carbocycles. The molecule has 0 bridgehead atoms. The predicted molar refractivity (Wildman–Crippen MR) is 124 cm³/mol. The number of hydrogen-bond acceptors (Lipinski definition) is 3. The molecule has 1 fully saturated rings. The number of amides is 2. The van der Waals surface area contributed by atoms with Gasteiger partial charge in [0.25, 0.3) is 0 Å². The zero-order valence-corrected chi connectivity index (χ0v) is 19.0. The van der Waals surface area contributed by atoms with Crippen LogP contribution in [0.1, 0.15) is 24.8 Å². The molecule has 0 radical (unpaired) electrons. The Labute approximate surface area is 186 Å². The fourth-order valence-corrected chi connectivity index (χ4v) is 4.93. The van der Waals surface area contributed by atoms with Crippen molar-refractivity contribution in [1.29, 1.82) is 0 Å². The first-order valence-corrected chi connectivity index (χ1v) is 11.3. The number of rotatable bonds is 4. The highest BCUT2D eigenvalue weighted by atomic mass is 79.9. The van der Waals surface area contributed by atoms with Crippen LogP contribution in [0.25, 0.3) is 0 Å². The summed E-state index contributed by atoms with van der Waals surface area (Å²) < 4.78 is 6.29. The van der Waals surface area contributed by atoms with E-state index in [9.17, 15) is 4.79 Å². The molecule has 2 aliphatic rings. The van der Waals surface area contributed by atoms with E-state index in [1.165, 1.54) is 5.56 Å². The molecule has 6 heteroatoms. The van der Waals surface area contributed by atoms with Crippen LogP contribution in [0.2, 0.25) is 0 Å². The molecule has 2 amide bonds. The summed E-state index contributed by atoms with van der Waals surface area (Å²) in [5.74, 6) is 1.21. The first kappa shape index (κ1) is 20.9. The molecule has 5 nitrogen and oxygen atoms in total. The predicted octanol–water partition coefficient (Wildman–Crippen LogP) is 5.11. The van der Waals surface area contributed by atoms with Crippen molar-refractivity contribution in [2.24, 2.45) is 0 Å². The summed E-state index contributed by atoms with van der Waals surface area (Å²) in [6, 6.07) is 16.8. The molecule has 4 rings (SSSR count). The van der Waals surface area contributed by atoms with E-state index < -0.39 is 0 Å². The smallest absolute Gasteiger partial charge is 0.322 e. The second kappa shape index (κ2) is 9.23. The number of halogens is 1. The Bertz CT molecular complexity index is 898. The van der Waals surface area contributed by atoms with Crippen molar-refractivity contribution in [3.8, 4) is 5.75 Å². The number of nitrogens with zero attached hydrogens (tertiary/aromatic N) is 2. The Kier molecular flexibility index (Phi) is 6.44. The Morgan fingerprint density at radius 1 is 1.10 bits per heavy atom. The summed E-state index contributed by atoms with van der Waals surface area (Å²) in [6.45, 7) is 4.53.